The molecule has 198 valence electrons. The predicted molar refractivity (Wildman–Crippen MR) is 151 cm³/mol. The zero-order valence-electron chi connectivity index (χ0n) is 22.8. The van der Waals surface area contributed by atoms with Crippen molar-refractivity contribution in [2.24, 2.45) is 0 Å². The first-order valence-electron chi connectivity index (χ1n) is 13.6. The molecular weight excluding hydrogens is 460 g/mol. The van der Waals surface area contributed by atoms with E-state index in [1.54, 1.807) is 4.90 Å². The van der Waals surface area contributed by atoms with Crippen molar-refractivity contribution in [2.45, 2.75) is 69.9 Å². The molecule has 0 radical (unpaired) electrons. The van der Waals surface area contributed by atoms with E-state index in [1.165, 1.54) is 22.1 Å². The van der Waals surface area contributed by atoms with Gasteiger partial charge in [0.1, 0.15) is 0 Å². The zero-order chi connectivity index (χ0) is 26.4. The van der Waals surface area contributed by atoms with E-state index in [4.69, 9.17) is 0 Å². The molecule has 0 saturated heterocycles. The van der Waals surface area contributed by atoms with Gasteiger partial charge in [-0.15, -0.1) is 0 Å². The minimum Gasteiger partial charge on any atom is -0.361 e. The number of aromatic nitrogens is 1. The van der Waals surface area contributed by atoms with E-state index in [0.29, 0.717) is 6.54 Å². The van der Waals surface area contributed by atoms with Gasteiger partial charge in [0.15, 0.2) is 0 Å². The summed E-state index contributed by atoms with van der Waals surface area (Å²) in [4.78, 5) is 32.7. The Balaban J connectivity index is 1.20. The summed E-state index contributed by atoms with van der Waals surface area (Å²) in [5, 5.41) is 4.41. The first-order chi connectivity index (χ1) is 17.8. The first kappa shape index (κ1) is 26.9. The Hall–Kier alpha value is -3.12. The number of aryl methyl sites for hydroxylation is 1. The maximum absolute atomic E-state index is 12.7. The highest BCUT2D eigenvalue weighted by Gasteiger charge is 2.37. The lowest BCUT2D eigenvalue weighted by Crippen LogP contribution is -2.52. The highest BCUT2D eigenvalue weighted by atomic mass is 16.2. The number of nitrogens with one attached hydrogen (secondary N) is 2. The van der Waals surface area contributed by atoms with Gasteiger partial charge in [-0.1, -0.05) is 48.0 Å². The molecule has 0 aliphatic heterocycles. The van der Waals surface area contributed by atoms with Crippen LogP contribution in [0.1, 0.15) is 55.2 Å². The van der Waals surface area contributed by atoms with Crippen LogP contribution in [0.4, 0.5) is 0 Å². The Morgan fingerprint density at radius 1 is 1.03 bits per heavy atom. The summed E-state index contributed by atoms with van der Waals surface area (Å²) >= 11 is 0. The van der Waals surface area contributed by atoms with Crippen LogP contribution in [0, 0.1) is 6.92 Å². The number of carbonyl (C=O) groups excluding carboxylic acids is 2. The van der Waals surface area contributed by atoms with Crippen LogP contribution >= 0.6 is 0 Å². The quantitative estimate of drug-likeness (QED) is 0.416. The number of hydrogen-bond donors (Lipinski definition) is 2. The van der Waals surface area contributed by atoms with Crippen LogP contribution in [0.25, 0.3) is 10.9 Å². The summed E-state index contributed by atoms with van der Waals surface area (Å²) in [6.45, 7) is 2.78. The van der Waals surface area contributed by atoms with Gasteiger partial charge in [0, 0.05) is 55.1 Å². The van der Waals surface area contributed by atoms with E-state index >= 15 is 0 Å². The Morgan fingerprint density at radius 3 is 2.51 bits per heavy atom. The summed E-state index contributed by atoms with van der Waals surface area (Å²) < 4.78 is 0. The molecule has 1 fully saturated rings. The molecule has 1 aliphatic rings. The van der Waals surface area contributed by atoms with Gasteiger partial charge in [-0.25, -0.2) is 0 Å². The number of likely N-dealkylation sites (N-methyl/N-ethyl adjacent to an activating group) is 2. The van der Waals surface area contributed by atoms with Gasteiger partial charge in [-0.05, 0) is 76.7 Å². The fourth-order valence-electron chi connectivity index (χ4n) is 5.75. The molecule has 2 aromatic carbocycles. The molecule has 2 amide bonds. The maximum atomic E-state index is 12.7. The molecule has 0 bridgehead atoms. The van der Waals surface area contributed by atoms with E-state index in [1.807, 2.05) is 25.4 Å². The van der Waals surface area contributed by atoms with E-state index in [2.05, 4.69) is 72.6 Å². The molecule has 4 rings (SSSR count). The molecular formula is C31H42N4O2. The number of nitrogens with zero attached hydrogens (tertiary/aromatic N) is 2. The molecule has 6 heteroatoms. The number of carbonyl (C=O) groups is 2. The minimum absolute atomic E-state index is 0.0144. The van der Waals surface area contributed by atoms with Crippen molar-refractivity contribution in [2.75, 3.05) is 27.7 Å². The summed E-state index contributed by atoms with van der Waals surface area (Å²) in [6.07, 6.45) is 8.36. The number of hydrogen-bond acceptors (Lipinski definition) is 3. The Labute approximate surface area is 221 Å². The lowest BCUT2D eigenvalue weighted by atomic mass is 9.74. The molecule has 1 aromatic heterocycles. The van der Waals surface area contributed by atoms with Crippen LogP contribution in [0.2, 0.25) is 0 Å². The van der Waals surface area contributed by atoms with E-state index in [0.717, 1.165) is 44.0 Å². The van der Waals surface area contributed by atoms with Gasteiger partial charge in [-0.3, -0.25) is 9.59 Å². The minimum atomic E-state index is -0.0144. The van der Waals surface area contributed by atoms with Gasteiger partial charge < -0.3 is 20.1 Å². The molecule has 2 N–H and O–H groups in total. The lowest BCUT2D eigenvalue weighted by Gasteiger charge is -2.45. The number of aromatic amines is 1. The molecule has 1 saturated carbocycles. The fourth-order valence-corrected chi connectivity index (χ4v) is 5.75. The number of rotatable bonds is 10. The van der Waals surface area contributed by atoms with Crippen LogP contribution in [0.15, 0.2) is 54.7 Å². The summed E-state index contributed by atoms with van der Waals surface area (Å²) in [5.41, 5.74) is 5.12. The van der Waals surface area contributed by atoms with Crippen molar-refractivity contribution in [3.63, 3.8) is 0 Å². The summed E-state index contributed by atoms with van der Waals surface area (Å²) in [5.74, 6) is 0.00262. The molecule has 37 heavy (non-hydrogen) atoms. The molecule has 0 atom stereocenters. The monoisotopic (exact) mass is 502 g/mol. The normalized spacial score (nSPS) is 19.8. The highest BCUT2D eigenvalue weighted by Crippen LogP contribution is 2.35. The topological polar surface area (TPSA) is 68.4 Å². The van der Waals surface area contributed by atoms with E-state index in [9.17, 15) is 9.59 Å². The van der Waals surface area contributed by atoms with Crippen LogP contribution in [-0.4, -0.2) is 65.9 Å². The average Bonchev–Trinajstić information content (AvgIpc) is 3.30. The Bertz CT molecular complexity index is 1210. The predicted octanol–water partition coefficient (Wildman–Crippen LogP) is 4.86. The second-order valence-corrected chi connectivity index (χ2v) is 11.1. The number of fused-ring (bicyclic) bond motifs is 1. The van der Waals surface area contributed by atoms with Crippen molar-refractivity contribution in [1.29, 1.82) is 0 Å². The number of amides is 2. The molecule has 6 nitrogen and oxygen atoms in total. The van der Waals surface area contributed by atoms with Crippen molar-refractivity contribution in [3.05, 3.63) is 71.4 Å². The molecule has 0 spiro atoms. The van der Waals surface area contributed by atoms with Crippen molar-refractivity contribution < 1.29 is 9.59 Å². The smallest absolute Gasteiger partial charge is 0.222 e. The third-order valence-electron chi connectivity index (χ3n) is 8.23. The molecule has 1 heterocycles. The Kier molecular flexibility index (Phi) is 8.70. The van der Waals surface area contributed by atoms with Crippen molar-refractivity contribution >= 4 is 22.7 Å². The van der Waals surface area contributed by atoms with Gasteiger partial charge in [0.2, 0.25) is 11.8 Å². The van der Waals surface area contributed by atoms with E-state index < -0.39 is 0 Å². The molecule has 0 unspecified atom stereocenters. The van der Waals surface area contributed by atoms with Crippen LogP contribution in [0.5, 0.6) is 0 Å². The first-order valence-corrected chi connectivity index (χ1v) is 13.6. The fraction of sp³-hybridized carbons (Fsp3) is 0.484. The van der Waals surface area contributed by atoms with Crippen molar-refractivity contribution in [3.8, 4) is 0 Å². The number of benzene rings is 2. The van der Waals surface area contributed by atoms with Gasteiger partial charge >= 0.3 is 0 Å². The zero-order valence-corrected chi connectivity index (χ0v) is 22.8. The number of para-hydroxylation sites is 1. The molecule has 1 aliphatic carbocycles. The van der Waals surface area contributed by atoms with Crippen LogP contribution < -0.4 is 5.32 Å². The van der Waals surface area contributed by atoms with Crippen LogP contribution in [-0.2, 0) is 22.4 Å². The lowest BCUT2D eigenvalue weighted by molar-refractivity contribution is -0.132. The second-order valence-electron chi connectivity index (χ2n) is 11.1. The van der Waals surface area contributed by atoms with Crippen molar-refractivity contribution in [1.82, 2.24) is 20.1 Å². The third-order valence-corrected chi connectivity index (χ3v) is 8.23. The molecule has 3 aromatic rings. The third kappa shape index (κ3) is 6.80. The largest absolute Gasteiger partial charge is 0.361 e. The van der Waals surface area contributed by atoms with Gasteiger partial charge in [0.05, 0.1) is 0 Å². The Morgan fingerprint density at radius 2 is 1.78 bits per heavy atom. The SMILES string of the molecule is Cc1cccc(CC2(N(C)C)CCC(NC(=O)CCC(=O)N(C)CCc3c[nH]c4ccccc34)CC2)c1. The van der Waals surface area contributed by atoms with Gasteiger partial charge in [-0.2, -0.15) is 0 Å². The van der Waals surface area contributed by atoms with Gasteiger partial charge in [0.25, 0.3) is 0 Å². The standard InChI is InChI=1S/C31H42N4O2/c1-23-8-7-9-24(20-23)21-31(34(2)3)17-14-26(15-18-31)33-29(36)12-13-30(37)35(4)19-16-25-22-32-28-11-6-5-10-27(25)28/h5-11,20,22,26,32H,12-19,21H2,1-4H3,(H,33,36). The summed E-state index contributed by atoms with van der Waals surface area (Å²) in [7, 11) is 6.18. The summed E-state index contributed by atoms with van der Waals surface area (Å²) in [6, 6.07) is 17.2. The second kappa shape index (κ2) is 12.0. The van der Waals surface area contributed by atoms with E-state index in [-0.39, 0.29) is 36.2 Å². The maximum Gasteiger partial charge on any atom is 0.222 e. The number of H-pyrrole nitrogens is 1. The van der Waals surface area contributed by atoms with Crippen LogP contribution in [0.3, 0.4) is 0 Å². The highest BCUT2D eigenvalue weighted by molar-refractivity contribution is 5.84. The average molecular weight is 503 g/mol.